The van der Waals surface area contributed by atoms with Crippen LogP contribution in [0.25, 0.3) is 5.13 Å². The first kappa shape index (κ1) is 18.4. The summed E-state index contributed by atoms with van der Waals surface area (Å²) in [4.78, 5) is 15.3. The molecular weight excluding hydrogens is 382 g/mol. The number of nitrogens with one attached hydrogen (secondary N) is 1. The maximum absolute atomic E-state index is 13.1. The highest BCUT2D eigenvalue weighted by molar-refractivity contribution is 7.17. The Kier molecular flexibility index (Phi) is 5.06. The molecule has 1 aromatic carbocycles. The molecule has 0 spiro atoms. The van der Waals surface area contributed by atoms with Gasteiger partial charge in [0, 0.05) is 25.5 Å². The summed E-state index contributed by atoms with van der Waals surface area (Å²) < 4.78 is 1.97. The summed E-state index contributed by atoms with van der Waals surface area (Å²) in [5.74, 6) is 0.170. The van der Waals surface area contributed by atoms with Crippen LogP contribution in [0.3, 0.4) is 0 Å². The van der Waals surface area contributed by atoms with Crippen molar-refractivity contribution in [1.82, 2.24) is 20.1 Å². The molecule has 0 bridgehead atoms. The van der Waals surface area contributed by atoms with Crippen LogP contribution < -0.4 is 10.2 Å². The van der Waals surface area contributed by atoms with Crippen molar-refractivity contribution in [2.24, 2.45) is 5.92 Å². The molecule has 150 valence electrons. The van der Waals surface area contributed by atoms with Crippen molar-refractivity contribution in [3.05, 3.63) is 59.9 Å². The molecule has 0 saturated carbocycles. The highest BCUT2D eigenvalue weighted by Gasteiger charge is 2.30. The average Bonchev–Trinajstić information content (AvgIpc) is 3.46. The molecule has 0 unspecified atom stereocenters. The third kappa shape index (κ3) is 3.79. The Balaban J connectivity index is 1.26. The van der Waals surface area contributed by atoms with Gasteiger partial charge in [-0.2, -0.15) is 0 Å². The normalized spacial score (nSPS) is 21.6. The maximum atomic E-state index is 13.1. The van der Waals surface area contributed by atoms with Crippen LogP contribution in [0.5, 0.6) is 0 Å². The summed E-state index contributed by atoms with van der Waals surface area (Å²) in [5, 5.41) is 13.8. The molecule has 1 aliphatic heterocycles. The Morgan fingerprint density at radius 1 is 1.03 bits per heavy atom. The van der Waals surface area contributed by atoms with Gasteiger partial charge in [-0.1, -0.05) is 35.6 Å². The quantitative estimate of drug-likeness (QED) is 0.716. The number of aromatic nitrogens is 3. The molecule has 5 rings (SSSR count). The Labute approximate surface area is 174 Å². The van der Waals surface area contributed by atoms with Gasteiger partial charge in [0.1, 0.15) is 0 Å². The zero-order valence-corrected chi connectivity index (χ0v) is 17.1. The second-order valence-corrected chi connectivity index (χ2v) is 8.83. The van der Waals surface area contributed by atoms with Crippen molar-refractivity contribution in [3.63, 3.8) is 0 Å². The van der Waals surface area contributed by atoms with Crippen LogP contribution in [-0.2, 0) is 11.2 Å². The number of amides is 1. The molecule has 6 nitrogen and oxygen atoms in total. The predicted octanol–water partition coefficient (Wildman–Crippen LogP) is 3.74. The number of hydrogen-bond acceptors (Lipinski definition) is 5. The van der Waals surface area contributed by atoms with Gasteiger partial charge in [0.05, 0.1) is 12.0 Å². The fourth-order valence-corrected chi connectivity index (χ4v) is 5.31. The van der Waals surface area contributed by atoms with Crippen molar-refractivity contribution in [3.8, 4) is 5.13 Å². The number of rotatable bonds is 4. The van der Waals surface area contributed by atoms with Crippen molar-refractivity contribution in [1.29, 1.82) is 0 Å². The molecule has 0 radical (unpaired) electrons. The first-order chi connectivity index (χ1) is 14.3. The minimum absolute atomic E-state index is 0.00299. The van der Waals surface area contributed by atoms with Crippen LogP contribution in [0.2, 0.25) is 0 Å². The lowest BCUT2D eigenvalue weighted by Crippen LogP contribution is -2.44. The van der Waals surface area contributed by atoms with Gasteiger partial charge in [0.15, 0.2) is 0 Å². The highest BCUT2D eigenvalue weighted by atomic mass is 32.1. The summed E-state index contributed by atoms with van der Waals surface area (Å²) in [6.45, 7) is 1.64. The summed E-state index contributed by atoms with van der Waals surface area (Å²) in [6, 6.07) is 12.6. The number of benzene rings is 1. The lowest BCUT2D eigenvalue weighted by atomic mass is 9.87. The second kappa shape index (κ2) is 7.99. The van der Waals surface area contributed by atoms with Crippen LogP contribution in [0, 0.1) is 5.92 Å². The number of nitrogens with zero attached hydrogens (tertiary/aromatic N) is 4. The molecule has 1 amide bonds. The van der Waals surface area contributed by atoms with E-state index in [9.17, 15) is 4.79 Å². The number of anilines is 1. The third-order valence-corrected chi connectivity index (χ3v) is 6.98. The predicted molar refractivity (Wildman–Crippen MR) is 114 cm³/mol. The summed E-state index contributed by atoms with van der Waals surface area (Å²) in [7, 11) is 0. The van der Waals surface area contributed by atoms with Crippen LogP contribution in [0.1, 0.15) is 42.9 Å². The number of aryl methyl sites for hydroxylation is 1. The van der Waals surface area contributed by atoms with Gasteiger partial charge in [-0.05, 0) is 55.4 Å². The van der Waals surface area contributed by atoms with E-state index < -0.39 is 0 Å². The summed E-state index contributed by atoms with van der Waals surface area (Å²) in [6.07, 6.45) is 9.14. The van der Waals surface area contributed by atoms with E-state index in [0.29, 0.717) is 6.54 Å². The van der Waals surface area contributed by atoms with Gasteiger partial charge in [-0.25, -0.2) is 0 Å². The third-order valence-electron chi connectivity index (χ3n) is 5.98. The van der Waals surface area contributed by atoms with Crippen LogP contribution in [0.15, 0.2) is 48.8 Å². The number of carbonyl (C=O) groups excluding carboxylic acids is 1. The molecule has 3 aromatic rings. The van der Waals surface area contributed by atoms with Crippen molar-refractivity contribution >= 4 is 22.4 Å². The number of fused-ring (bicyclic) bond motifs is 1. The molecule has 29 heavy (non-hydrogen) atoms. The van der Waals surface area contributed by atoms with E-state index in [-0.39, 0.29) is 17.9 Å². The fourth-order valence-electron chi connectivity index (χ4n) is 4.46. The van der Waals surface area contributed by atoms with Gasteiger partial charge in [-0.15, -0.1) is 10.2 Å². The molecule has 1 aliphatic carbocycles. The molecule has 1 N–H and O–H groups in total. The molecule has 1 saturated heterocycles. The van der Waals surface area contributed by atoms with E-state index in [2.05, 4.69) is 44.7 Å². The molecular formula is C22H25N5OS. The Bertz CT molecular complexity index is 983. The van der Waals surface area contributed by atoms with E-state index in [4.69, 9.17) is 0 Å². The van der Waals surface area contributed by atoms with E-state index >= 15 is 0 Å². The highest BCUT2D eigenvalue weighted by Crippen LogP contribution is 2.31. The van der Waals surface area contributed by atoms with E-state index in [0.717, 1.165) is 48.9 Å². The number of hydrogen-bond donors (Lipinski definition) is 1. The first-order valence-corrected chi connectivity index (χ1v) is 11.2. The van der Waals surface area contributed by atoms with Gasteiger partial charge in [0.2, 0.25) is 16.2 Å². The van der Waals surface area contributed by atoms with Crippen LogP contribution in [-0.4, -0.2) is 33.8 Å². The largest absolute Gasteiger partial charge is 0.349 e. The van der Waals surface area contributed by atoms with Gasteiger partial charge < -0.3 is 10.2 Å². The van der Waals surface area contributed by atoms with Crippen molar-refractivity contribution in [2.75, 3.05) is 18.0 Å². The number of piperidine rings is 1. The number of carbonyl (C=O) groups is 1. The maximum Gasteiger partial charge on any atom is 0.225 e. The summed E-state index contributed by atoms with van der Waals surface area (Å²) >= 11 is 1.57. The average molecular weight is 408 g/mol. The minimum atomic E-state index is -0.00299. The Hall–Kier alpha value is -2.67. The molecule has 1 fully saturated rings. The molecule has 2 aliphatic rings. The Morgan fingerprint density at radius 3 is 2.76 bits per heavy atom. The SMILES string of the molecule is O=C(N[C@H]1CCCc2ccccc21)[C@@H]1CCCN(c2nnc(-n3cccc3)s2)C1. The monoisotopic (exact) mass is 407 g/mol. The van der Waals surface area contributed by atoms with E-state index in [1.165, 1.54) is 11.1 Å². The minimum Gasteiger partial charge on any atom is -0.349 e. The topological polar surface area (TPSA) is 63.1 Å². The first-order valence-electron chi connectivity index (χ1n) is 10.4. The van der Waals surface area contributed by atoms with Gasteiger partial charge >= 0.3 is 0 Å². The van der Waals surface area contributed by atoms with Crippen LogP contribution >= 0.6 is 11.3 Å². The summed E-state index contributed by atoms with van der Waals surface area (Å²) in [5.41, 5.74) is 2.67. The fraction of sp³-hybridized carbons (Fsp3) is 0.409. The zero-order chi connectivity index (χ0) is 19.6. The lowest BCUT2D eigenvalue weighted by Gasteiger charge is -2.33. The van der Waals surface area contributed by atoms with Gasteiger partial charge in [-0.3, -0.25) is 9.36 Å². The van der Waals surface area contributed by atoms with Crippen LogP contribution in [0.4, 0.5) is 5.13 Å². The lowest BCUT2D eigenvalue weighted by molar-refractivity contribution is -0.126. The molecule has 2 atom stereocenters. The van der Waals surface area contributed by atoms with E-state index in [1.54, 1.807) is 11.3 Å². The molecule has 7 heteroatoms. The molecule has 3 heterocycles. The second-order valence-electron chi connectivity index (χ2n) is 7.89. The van der Waals surface area contributed by atoms with Gasteiger partial charge in [0.25, 0.3) is 0 Å². The smallest absolute Gasteiger partial charge is 0.225 e. The molecule has 2 aromatic heterocycles. The van der Waals surface area contributed by atoms with E-state index in [1.807, 2.05) is 29.1 Å². The Morgan fingerprint density at radius 2 is 1.86 bits per heavy atom. The zero-order valence-electron chi connectivity index (χ0n) is 16.3. The van der Waals surface area contributed by atoms with Crippen molar-refractivity contribution < 1.29 is 4.79 Å². The standard InChI is InChI=1S/C22H25N5OS/c28-20(23-19-11-5-8-16-7-1-2-10-18(16)19)17-9-6-14-27(15-17)22-25-24-21(29-22)26-12-3-4-13-26/h1-4,7,10,12-13,17,19H,5-6,8-9,11,14-15H2,(H,23,28)/t17-,19+/m1/s1. The van der Waals surface area contributed by atoms with Crippen molar-refractivity contribution in [2.45, 2.75) is 38.1 Å².